The van der Waals surface area contributed by atoms with Gasteiger partial charge in [-0.05, 0) is 31.9 Å². The summed E-state index contributed by atoms with van der Waals surface area (Å²) in [7, 11) is 1.53. The van der Waals surface area contributed by atoms with E-state index >= 15 is 0 Å². The zero-order chi connectivity index (χ0) is 13.6. The van der Waals surface area contributed by atoms with E-state index in [4.69, 9.17) is 14.6 Å². The molecule has 0 aliphatic rings. The molecule has 5 heteroatoms. The Morgan fingerprint density at radius 3 is 2.72 bits per heavy atom. The lowest BCUT2D eigenvalue weighted by Crippen LogP contribution is -2.17. The molecule has 0 unspecified atom stereocenters. The normalized spacial score (nSPS) is 11.6. The van der Waals surface area contributed by atoms with E-state index in [9.17, 15) is 4.39 Å². The van der Waals surface area contributed by atoms with Crippen LogP contribution in [0.25, 0.3) is 0 Å². The average molecular weight is 257 g/mol. The Kier molecular flexibility index (Phi) is 5.50. The molecule has 0 fully saturated rings. The zero-order valence-electron chi connectivity index (χ0n) is 11.1. The molecule has 1 aromatic heterocycles. The van der Waals surface area contributed by atoms with Gasteiger partial charge in [-0.2, -0.15) is 0 Å². The molecule has 0 atom stereocenters. The van der Waals surface area contributed by atoms with Crippen LogP contribution in [0, 0.1) is 0 Å². The van der Waals surface area contributed by atoms with Gasteiger partial charge in [0.2, 0.25) is 0 Å². The molecule has 1 aromatic rings. The van der Waals surface area contributed by atoms with Gasteiger partial charge in [-0.3, -0.25) is 4.98 Å². The Hall–Kier alpha value is -1.20. The summed E-state index contributed by atoms with van der Waals surface area (Å²) >= 11 is 0. The van der Waals surface area contributed by atoms with Gasteiger partial charge in [0.25, 0.3) is 0 Å². The van der Waals surface area contributed by atoms with E-state index in [1.165, 1.54) is 21.0 Å². The van der Waals surface area contributed by atoms with Crippen molar-refractivity contribution in [3.8, 4) is 5.75 Å². The molecule has 1 rings (SSSR count). The van der Waals surface area contributed by atoms with Gasteiger partial charge in [0.05, 0.1) is 6.20 Å². The van der Waals surface area contributed by atoms with Gasteiger partial charge in [-0.25, -0.2) is 4.39 Å². The van der Waals surface area contributed by atoms with Crippen LogP contribution >= 0.6 is 0 Å². The molecular formula is C13H20FNO3. The topological polar surface area (TPSA) is 51.6 Å². The van der Waals surface area contributed by atoms with E-state index in [-0.39, 0.29) is 19.8 Å². The number of aliphatic hydroxyl groups is 1. The van der Waals surface area contributed by atoms with E-state index in [1.54, 1.807) is 12.3 Å². The Labute approximate surface area is 107 Å². The van der Waals surface area contributed by atoms with Gasteiger partial charge < -0.3 is 14.6 Å². The van der Waals surface area contributed by atoms with Gasteiger partial charge in [-0.15, -0.1) is 0 Å². The number of aliphatic hydroxyl groups excluding tert-OH is 1. The second-order valence-electron chi connectivity index (χ2n) is 4.70. The van der Waals surface area contributed by atoms with Crippen molar-refractivity contribution in [1.29, 1.82) is 0 Å². The first-order chi connectivity index (χ1) is 8.46. The highest BCUT2D eigenvalue weighted by atomic mass is 19.1. The lowest BCUT2D eigenvalue weighted by molar-refractivity contribution is 0.0499. The zero-order valence-corrected chi connectivity index (χ0v) is 11.1. The number of pyridine rings is 1. The minimum atomic E-state index is -1.31. The van der Waals surface area contributed by atoms with Crippen molar-refractivity contribution >= 4 is 0 Å². The highest BCUT2D eigenvalue weighted by molar-refractivity contribution is 5.33. The highest BCUT2D eigenvalue weighted by Gasteiger charge is 2.18. The number of alkyl halides is 1. The lowest BCUT2D eigenvalue weighted by atomic mass is 10.0. The molecule has 1 heterocycles. The third kappa shape index (κ3) is 4.98. The van der Waals surface area contributed by atoms with Crippen LogP contribution in [0.5, 0.6) is 5.75 Å². The summed E-state index contributed by atoms with van der Waals surface area (Å²) in [5.74, 6) is 0.561. The van der Waals surface area contributed by atoms with Crippen LogP contribution in [-0.4, -0.2) is 36.3 Å². The maximum Gasteiger partial charge on any atom is 0.188 e. The summed E-state index contributed by atoms with van der Waals surface area (Å²) in [6.45, 7) is 3.14. The summed E-state index contributed by atoms with van der Waals surface area (Å²) in [6.07, 6.45) is 2.22. The molecule has 0 saturated carbocycles. The van der Waals surface area contributed by atoms with E-state index in [0.717, 1.165) is 5.56 Å². The van der Waals surface area contributed by atoms with Crippen molar-refractivity contribution in [3.05, 3.63) is 23.5 Å². The van der Waals surface area contributed by atoms with Crippen molar-refractivity contribution in [1.82, 2.24) is 4.98 Å². The first-order valence-electron chi connectivity index (χ1n) is 5.85. The van der Waals surface area contributed by atoms with Crippen LogP contribution in [0.4, 0.5) is 4.39 Å². The Morgan fingerprint density at radius 1 is 1.44 bits per heavy atom. The fraction of sp³-hybridized carbons (Fsp3) is 0.615. The second kappa shape index (κ2) is 6.66. The molecule has 0 saturated heterocycles. The molecule has 0 radical (unpaired) electrons. The van der Waals surface area contributed by atoms with Crippen LogP contribution in [-0.2, 0) is 17.6 Å². The number of methoxy groups -OCH3 is 1. The number of hydrogen-bond acceptors (Lipinski definition) is 4. The minimum Gasteiger partial charge on any atom is -0.466 e. The first-order valence-corrected chi connectivity index (χ1v) is 5.85. The molecule has 0 bridgehead atoms. The van der Waals surface area contributed by atoms with Crippen molar-refractivity contribution in [2.75, 3.05) is 20.5 Å². The van der Waals surface area contributed by atoms with Gasteiger partial charge in [0, 0.05) is 25.8 Å². The first kappa shape index (κ1) is 14.9. The Balaban J connectivity index is 2.88. The number of ether oxygens (including phenoxy) is 2. The number of aromatic nitrogens is 1. The molecule has 0 amide bonds. The molecule has 0 aromatic carbocycles. The van der Waals surface area contributed by atoms with E-state index in [2.05, 4.69) is 4.98 Å². The number of nitrogens with zero attached hydrogens (tertiary/aromatic N) is 1. The quantitative estimate of drug-likeness (QED) is 0.758. The predicted octanol–water partition coefficient (Wildman–Crippen LogP) is 1.89. The highest BCUT2D eigenvalue weighted by Crippen LogP contribution is 2.22. The van der Waals surface area contributed by atoms with Gasteiger partial charge in [0.15, 0.2) is 6.79 Å². The van der Waals surface area contributed by atoms with Crippen LogP contribution in [0.15, 0.2) is 12.3 Å². The molecular weight excluding hydrogens is 237 g/mol. The molecule has 0 aliphatic carbocycles. The summed E-state index contributed by atoms with van der Waals surface area (Å²) in [5, 5.41) is 9.01. The van der Waals surface area contributed by atoms with Gasteiger partial charge in [-0.1, -0.05) is 0 Å². The third-order valence-corrected chi connectivity index (χ3v) is 2.32. The number of halogens is 1. The minimum absolute atomic E-state index is 0.00577. The summed E-state index contributed by atoms with van der Waals surface area (Å²) in [4.78, 5) is 4.16. The summed E-state index contributed by atoms with van der Waals surface area (Å²) in [6, 6.07) is 1.77. The van der Waals surface area contributed by atoms with Gasteiger partial charge >= 0.3 is 0 Å². The largest absolute Gasteiger partial charge is 0.466 e. The molecule has 0 spiro atoms. The van der Waals surface area contributed by atoms with Crippen molar-refractivity contribution < 1.29 is 19.0 Å². The van der Waals surface area contributed by atoms with Crippen molar-refractivity contribution in [2.45, 2.75) is 32.4 Å². The summed E-state index contributed by atoms with van der Waals surface area (Å²) < 4.78 is 23.7. The van der Waals surface area contributed by atoms with E-state index in [0.29, 0.717) is 17.9 Å². The monoisotopic (exact) mass is 257 g/mol. The molecule has 0 aliphatic heterocycles. The van der Waals surface area contributed by atoms with E-state index in [1.807, 2.05) is 0 Å². The maximum absolute atomic E-state index is 13.6. The van der Waals surface area contributed by atoms with Crippen molar-refractivity contribution in [2.24, 2.45) is 0 Å². The standard InChI is InChI=1S/C13H20FNO3/c1-13(2,14)7-11-6-10(4-5-16)12(8-15-11)18-9-17-3/h6,8,16H,4-5,7,9H2,1-3H3. The van der Waals surface area contributed by atoms with Crippen molar-refractivity contribution in [3.63, 3.8) is 0 Å². The smallest absolute Gasteiger partial charge is 0.188 e. The molecule has 18 heavy (non-hydrogen) atoms. The van der Waals surface area contributed by atoms with Crippen LogP contribution in [0.3, 0.4) is 0 Å². The molecule has 102 valence electrons. The number of rotatable bonds is 7. The average Bonchev–Trinajstić information content (AvgIpc) is 2.26. The lowest BCUT2D eigenvalue weighted by Gasteiger charge is -2.15. The fourth-order valence-electron chi connectivity index (χ4n) is 1.63. The predicted molar refractivity (Wildman–Crippen MR) is 66.4 cm³/mol. The fourth-order valence-corrected chi connectivity index (χ4v) is 1.63. The third-order valence-electron chi connectivity index (χ3n) is 2.32. The SMILES string of the molecule is COCOc1cnc(CC(C)(C)F)cc1CCO. The molecule has 1 N–H and O–H groups in total. The van der Waals surface area contributed by atoms with E-state index < -0.39 is 5.67 Å². The van der Waals surface area contributed by atoms with Gasteiger partial charge in [0.1, 0.15) is 11.4 Å². The van der Waals surface area contributed by atoms with Crippen LogP contribution in [0.2, 0.25) is 0 Å². The van der Waals surface area contributed by atoms with Crippen LogP contribution in [0.1, 0.15) is 25.1 Å². The van der Waals surface area contributed by atoms with Crippen LogP contribution < -0.4 is 4.74 Å². The Bertz CT molecular complexity index is 377. The maximum atomic E-state index is 13.6. The summed E-state index contributed by atoms with van der Waals surface area (Å²) in [5.41, 5.74) is 0.151. The number of hydrogen-bond donors (Lipinski definition) is 1. The Morgan fingerprint density at radius 2 is 2.17 bits per heavy atom. The second-order valence-corrected chi connectivity index (χ2v) is 4.70. The molecule has 4 nitrogen and oxygen atoms in total.